The van der Waals surface area contributed by atoms with E-state index in [0.29, 0.717) is 24.1 Å². The second-order valence-corrected chi connectivity index (χ2v) is 10.2. The first-order chi connectivity index (χ1) is 18.5. The van der Waals surface area contributed by atoms with Crippen molar-refractivity contribution in [3.63, 3.8) is 0 Å². The van der Waals surface area contributed by atoms with E-state index in [1.165, 1.54) is 17.7 Å². The van der Waals surface area contributed by atoms with Gasteiger partial charge < -0.3 is 15.3 Å². The van der Waals surface area contributed by atoms with Crippen molar-refractivity contribution < 1.29 is 27.9 Å². The van der Waals surface area contributed by atoms with Crippen molar-refractivity contribution in [2.75, 3.05) is 0 Å². The third-order valence-electron chi connectivity index (χ3n) is 7.28. The first-order valence-corrected chi connectivity index (χ1v) is 13.4. The molecule has 0 spiro atoms. The number of hydrogen-bond donors (Lipinski definition) is 2. The van der Waals surface area contributed by atoms with E-state index in [2.05, 4.69) is 24.0 Å². The van der Waals surface area contributed by atoms with Crippen LogP contribution in [0, 0.1) is 11.8 Å². The van der Waals surface area contributed by atoms with Gasteiger partial charge in [-0.15, -0.1) is 0 Å². The van der Waals surface area contributed by atoms with Gasteiger partial charge in [-0.25, -0.2) is 0 Å². The Morgan fingerprint density at radius 3 is 2.49 bits per heavy atom. The first kappa shape index (κ1) is 30.0. The molecule has 2 aliphatic rings. The number of halogens is 3. The molecule has 1 amide bonds. The van der Waals surface area contributed by atoms with E-state index in [1.807, 2.05) is 36.9 Å². The molecule has 1 aromatic rings. The zero-order valence-electron chi connectivity index (χ0n) is 22.7. The van der Waals surface area contributed by atoms with Crippen molar-refractivity contribution in [2.24, 2.45) is 11.8 Å². The van der Waals surface area contributed by atoms with E-state index in [-0.39, 0.29) is 17.7 Å². The number of carboxylic acid groups (broad SMARTS) is 1. The number of carbonyl (C=O) groups is 2. The molecule has 2 N–H and O–H groups in total. The predicted octanol–water partition coefficient (Wildman–Crippen LogP) is 7.07. The molecule has 3 rings (SSSR count). The Morgan fingerprint density at radius 1 is 1.23 bits per heavy atom. The Morgan fingerprint density at radius 2 is 1.92 bits per heavy atom. The molecular formula is C31H37F3N2O3. The number of nitrogens with zero attached hydrogens (tertiary/aromatic N) is 1. The smallest absolute Gasteiger partial charge is 0.413 e. The zero-order chi connectivity index (χ0) is 28.7. The average Bonchev–Trinajstić information content (AvgIpc) is 3.70. The van der Waals surface area contributed by atoms with Gasteiger partial charge in [-0.05, 0) is 69.1 Å². The monoisotopic (exact) mass is 542 g/mol. The highest BCUT2D eigenvalue weighted by Gasteiger charge is 2.45. The van der Waals surface area contributed by atoms with Crippen LogP contribution in [0.4, 0.5) is 13.2 Å². The third-order valence-corrected chi connectivity index (χ3v) is 7.28. The SMILES string of the molecule is C=C(CCCc1ccccc1)N(/C(=C\C)C(=O)NC1=CC([C@H]2C[C@H]2C(=O)O)=CC=C(C(F)(F)F)C1)[C@@H](C)CC. The molecule has 3 atom stereocenters. The van der Waals surface area contributed by atoms with Gasteiger partial charge in [0.05, 0.1) is 5.92 Å². The summed E-state index contributed by atoms with van der Waals surface area (Å²) >= 11 is 0. The fourth-order valence-corrected chi connectivity index (χ4v) is 4.86. The summed E-state index contributed by atoms with van der Waals surface area (Å²) in [5.74, 6) is -2.51. The fraction of sp³-hybridized carbons (Fsp3) is 0.419. The maximum Gasteiger partial charge on any atom is 0.413 e. The van der Waals surface area contributed by atoms with Crippen LogP contribution >= 0.6 is 0 Å². The van der Waals surface area contributed by atoms with E-state index in [1.54, 1.807) is 13.0 Å². The van der Waals surface area contributed by atoms with Crippen molar-refractivity contribution in [1.29, 1.82) is 0 Å². The number of benzene rings is 1. The Labute approximate surface area is 228 Å². The standard InChI is InChI=1S/C31H37F3N2O3/c1-5-20(3)36(21(4)11-10-14-22-12-8-7-9-13-22)28(6-2)29(37)35-25-17-23(26-19-27(26)30(38)39)15-16-24(18-25)31(32,33)34/h6-9,12-13,15-17,20,26-27H,4-5,10-11,14,18-19H2,1-3H3,(H,35,37)(H,38,39)/b28-6-/t20-,26+,27+/m0/s1. The molecule has 1 saturated carbocycles. The summed E-state index contributed by atoms with van der Waals surface area (Å²) in [5, 5.41) is 12.0. The van der Waals surface area contributed by atoms with Gasteiger partial charge >= 0.3 is 12.1 Å². The molecule has 2 aliphatic carbocycles. The molecule has 39 heavy (non-hydrogen) atoms. The summed E-state index contributed by atoms with van der Waals surface area (Å²) in [6.07, 6.45) is 3.80. The van der Waals surface area contributed by atoms with Crippen LogP contribution in [0.25, 0.3) is 0 Å². The van der Waals surface area contributed by atoms with Crippen LogP contribution in [-0.4, -0.2) is 34.1 Å². The summed E-state index contributed by atoms with van der Waals surface area (Å²) < 4.78 is 41.0. The Hall–Kier alpha value is -3.55. The van der Waals surface area contributed by atoms with Crippen molar-refractivity contribution in [3.8, 4) is 0 Å². The van der Waals surface area contributed by atoms with E-state index in [4.69, 9.17) is 0 Å². The maximum atomic E-state index is 13.7. The molecule has 0 aromatic heterocycles. The van der Waals surface area contributed by atoms with E-state index < -0.39 is 36.0 Å². The van der Waals surface area contributed by atoms with Crippen LogP contribution in [0.15, 0.2) is 89.5 Å². The number of nitrogens with one attached hydrogen (secondary N) is 1. The molecule has 5 nitrogen and oxygen atoms in total. The lowest BCUT2D eigenvalue weighted by molar-refractivity contribution is -0.138. The van der Waals surface area contributed by atoms with Gasteiger partial charge in [-0.2, -0.15) is 13.2 Å². The predicted molar refractivity (Wildman–Crippen MR) is 146 cm³/mol. The topological polar surface area (TPSA) is 69.6 Å². The minimum Gasteiger partial charge on any atom is -0.481 e. The van der Waals surface area contributed by atoms with Crippen LogP contribution in [0.3, 0.4) is 0 Å². The number of carbonyl (C=O) groups excluding carboxylic acids is 1. The van der Waals surface area contributed by atoms with Crippen molar-refractivity contribution in [3.05, 3.63) is 95.0 Å². The second kappa shape index (κ2) is 13.0. The van der Waals surface area contributed by atoms with Crippen LogP contribution in [-0.2, 0) is 16.0 Å². The molecule has 0 unspecified atom stereocenters. The number of amides is 1. The molecule has 0 bridgehead atoms. The van der Waals surface area contributed by atoms with Gasteiger partial charge in [-0.1, -0.05) is 62.1 Å². The molecular weight excluding hydrogens is 505 g/mol. The van der Waals surface area contributed by atoms with Crippen LogP contribution < -0.4 is 5.32 Å². The summed E-state index contributed by atoms with van der Waals surface area (Å²) in [4.78, 5) is 26.8. The number of aryl methyl sites for hydroxylation is 1. The fourth-order valence-electron chi connectivity index (χ4n) is 4.86. The molecule has 1 aromatic carbocycles. The Kier molecular flexibility index (Phi) is 10.0. The summed E-state index contributed by atoms with van der Waals surface area (Å²) in [7, 11) is 0. The number of carboxylic acids is 1. The average molecular weight is 543 g/mol. The number of rotatable bonds is 12. The van der Waals surface area contributed by atoms with Crippen LogP contribution in [0.5, 0.6) is 0 Å². The number of aliphatic carboxylic acids is 1. The zero-order valence-corrected chi connectivity index (χ0v) is 22.7. The molecule has 210 valence electrons. The van der Waals surface area contributed by atoms with Gasteiger partial charge in [0.2, 0.25) is 0 Å². The maximum absolute atomic E-state index is 13.7. The van der Waals surface area contributed by atoms with Crippen LogP contribution in [0.2, 0.25) is 0 Å². The minimum atomic E-state index is -4.58. The highest BCUT2D eigenvalue weighted by atomic mass is 19.4. The lowest BCUT2D eigenvalue weighted by Crippen LogP contribution is -2.39. The Bertz CT molecular complexity index is 1200. The normalized spacial score (nSPS) is 20.2. The van der Waals surface area contributed by atoms with Crippen LogP contribution in [0.1, 0.15) is 58.4 Å². The van der Waals surface area contributed by atoms with Gasteiger partial charge in [0, 0.05) is 29.4 Å². The highest BCUT2D eigenvalue weighted by molar-refractivity contribution is 5.94. The molecule has 0 aliphatic heterocycles. The van der Waals surface area contributed by atoms with Gasteiger partial charge in [0.25, 0.3) is 5.91 Å². The molecule has 0 radical (unpaired) electrons. The minimum absolute atomic E-state index is 0.0573. The van der Waals surface area contributed by atoms with Crippen molar-refractivity contribution >= 4 is 11.9 Å². The lowest BCUT2D eigenvalue weighted by Gasteiger charge is -2.34. The molecule has 0 saturated heterocycles. The van der Waals surface area contributed by atoms with Crippen molar-refractivity contribution in [1.82, 2.24) is 10.2 Å². The Balaban J connectivity index is 1.79. The number of alkyl halides is 3. The highest BCUT2D eigenvalue weighted by Crippen LogP contribution is 2.46. The van der Waals surface area contributed by atoms with Gasteiger partial charge in [0.15, 0.2) is 0 Å². The van der Waals surface area contributed by atoms with Gasteiger partial charge in [-0.3, -0.25) is 9.59 Å². The molecule has 1 fully saturated rings. The molecule has 0 heterocycles. The number of hydrogen-bond acceptors (Lipinski definition) is 3. The summed E-state index contributed by atoms with van der Waals surface area (Å²) in [5.41, 5.74) is 2.05. The lowest BCUT2D eigenvalue weighted by atomic mass is 10.0. The first-order valence-electron chi connectivity index (χ1n) is 13.4. The van der Waals surface area contributed by atoms with Gasteiger partial charge in [0.1, 0.15) is 5.70 Å². The summed E-state index contributed by atoms with van der Waals surface area (Å²) in [6, 6.07) is 10.0. The van der Waals surface area contributed by atoms with E-state index in [9.17, 15) is 27.9 Å². The largest absolute Gasteiger partial charge is 0.481 e. The van der Waals surface area contributed by atoms with E-state index >= 15 is 0 Å². The summed E-state index contributed by atoms with van der Waals surface area (Å²) in [6.45, 7) is 9.95. The molecule has 8 heteroatoms. The van der Waals surface area contributed by atoms with E-state index in [0.717, 1.165) is 31.0 Å². The third kappa shape index (κ3) is 7.97. The quantitative estimate of drug-likeness (QED) is 0.277. The second-order valence-electron chi connectivity index (χ2n) is 10.2. The number of allylic oxidation sites excluding steroid dienone is 7. The van der Waals surface area contributed by atoms with Crippen molar-refractivity contribution in [2.45, 2.75) is 71.5 Å².